The van der Waals surface area contributed by atoms with Crippen molar-refractivity contribution in [3.05, 3.63) is 88.4 Å². The van der Waals surface area contributed by atoms with Gasteiger partial charge in [0.2, 0.25) is 0 Å². The van der Waals surface area contributed by atoms with E-state index in [1.54, 1.807) is 18.3 Å². The SMILES string of the molecule is CCC=Nc1cc(C#Cc2cc(C(=O)Nc3cc(C(F)(F)F)ccn3)ccc2F)ccc1C. The van der Waals surface area contributed by atoms with Gasteiger partial charge in [0.05, 0.1) is 16.8 Å². The molecule has 3 aromatic rings. The van der Waals surface area contributed by atoms with Gasteiger partial charge < -0.3 is 5.32 Å². The molecule has 0 saturated carbocycles. The summed E-state index contributed by atoms with van der Waals surface area (Å²) < 4.78 is 52.8. The summed E-state index contributed by atoms with van der Waals surface area (Å²) >= 11 is 0. The van der Waals surface area contributed by atoms with Crippen LogP contribution in [-0.4, -0.2) is 17.1 Å². The molecule has 8 heteroatoms. The van der Waals surface area contributed by atoms with Crippen LogP contribution in [0.15, 0.2) is 59.7 Å². The molecule has 0 unspecified atom stereocenters. The molecule has 0 aliphatic carbocycles. The first-order valence-corrected chi connectivity index (χ1v) is 9.96. The Morgan fingerprint density at radius 2 is 1.91 bits per heavy atom. The summed E-state index contributed by atoms with van der Waals surface area (Å²) in [6, 6.07) is 10.5. The molecule has 0 fully saturated rings. The van der Waals surface area contributed by atoms with Gasteiger partial charge in [0.1, 0.15) is 11.6 Å². The maximum absolute atomic E-state index is 14.3. The molecule has 1 aromatic heterocycles. The number of amides is 1. The van der Waals surface area contributed by atoms with Crippen LogP contribution in [0.25, 0.3) is 0 Å². The Morgan fingerprint density at radius 1 is 1.12 bits per heavy atom. The fourth-order valence-corrected chi connectivity index (χ4v) is 2.78. The third-order valence-electron chi connectivity index (χ3n) is 4.52. The van der Waals surface area contributed by atoms with E-state index in [1.165, 1.54) is 12.1 Å². The Balaban J connectivity index is 1.84. The smallest absolute Gasteiger partial charge is 0.307 e. The Labute approximate surface area is 188 Å². The molecule has 0 aliphatic heterocycles. The molecule has 4 nitrogen and oxygen atoms in total. The minimum atomic E-state index is -4.57. The van der Waals surface area contributed by atoms with E-state index in [-0.39, 0.29) is 16.9 Å². The highest BCUT2D eigenvalue weighted by atomic mass is 19.4. The van der Waals surface area contributed by atoms with Crippen molar-refractivity contribution in [2.75, 3.05) is 5.32 Å². The van der Waals surface area contributed by atoms with E-state index in [0.29, 0.717) is 5.56 Å². The standard InChI is InChI=1S/C25H19F4N3O/c1-3-11-30-22-13-17(5-4-16(22)2)6-7-18-14-19(8-9-21(18)26)24(33)32-23-15-20(10-12-31-23)25(27,28)29/h4-5,8-15H,3H2,1-2H3,(H,31,32,33). The Bertz CT molecular complexity index is 1270. The topological polar surface area (TPSA) is 54.4 Å². The van der Waals surface area contributed by atoms with Crippen LogP contribution in [0.2, 0.25) is 0 Å². The third-order valence-corrected chi connectivity index (χ3v) is 4.52. The van der Waals surface area contributed by atoms with Crippen LogP contribution in [0.4, 0.5) is 29.1 Å². The number of aryl methyl sites for hydroxylation is 1. The van der Waals surface area contributed by atoms with Crippen molar-refractivity contribution in [1.29, 1.82) is 0 Å². The first-order chi connectivity index (χ1) is 15.7. The zero-order valence-corrected chi connectivity index (χ0v) is 17.8. The molecule has 0 spiro atoms. The first kappa shape index (κ1) is 23.7. The van der Waals surface area contributed by atoms with E-state index < -0.39 is 23.5 Å². The van der Waals surface area contributed by atoms with Crippen LogP contribution in [0.1, 0.15) is 46.0 Å². The van der Waals surface area contributed by atoms with Crippen LogP contribution in [0, 0.1) is 24.6 Å². The molecule has 1 amide bonds. The van der Waals surface area contributed by atoms with Gasteiger partial charge in [0.25, 0.3) is 5.91 Å². The second-order valence-corrected chi connectivity index (χ2v) is 7.05. The van der Waals surface area contributed by atoms with Gasteiger partial charge in [-0.3, -0.25) is 9.79 Å². The van der Waals surface area contributed by atoms with Gasteiger partial charge in [-0.25, -0.2) is 9.37 Å². The lowest BCUT2D eigenvalue weighted by molar-refractivity contribution is -0.137. The maximum Gasteiger partial charge on any atom is 0.416 e. The summed E-state index contributed by atoms with van der Waals surface area (Å²) in [5.41, 5.74) is 1.39. The average Bonchev–Trinajstić information content (AvgIpc) is 2.78. The first-order valence-electron chi connectivity index (χ1n) is 9.96. The molecule has 0 atom stereocenters. The molecular formula is C25H19F4N3O. The monoisotopic (exact) mass is 453 g/mol. The third kappa shape index (κ3) is 6.26. The fraction of sp³-hybridized carbons (Fsp3) is 0.160. The predicted octanol–water partition coefficient (Wildman–Crippen LogP) is 6.31. The van der Waals surface area contributed by atoms with Gasteiger partial charge in [-0.05, 0) is 61.4 Å². The van der Waals surface area contributed by atoms with Gasteiger partial charge in [-0.2, -0.15) is 13.2 Å². The van der Waals surface area contributed by atoms with Gasteiger partial charge in [-0.15, -0.1) is 0 Å². The van der Waals surface area contributed by atoms with Crippen molar-refractivity contribution in [1.82, 2.24) is 4.98 Å². The van der Waals surface area contributed by atoms with Gasteiger partial charge >= 0.3 is 6.18 Å². The molecule has 168 valence electrons. The van der Waals surface area contributed by atoms with Crippen molar-refractivity contribution >= 4 is 23.6 Å². The summed E-state index contributed by atoms with van der Waals surface area (Å²) in [7, 11) is 0. The van der Waals surface area contributed by atoms with Crippen LogP contribution in [0.3, 0.4) is 0 Å². The quantitative estimate of drug-likeness (QED) is 0.286. The number of aromatic nitrogens is 1. The lowest BCUT2D eigenvalue weighted by atomic mass is 10.1. The second kappa shape index (κ2) is 10.1. The van der Waals surface area contributed by atoms with Crippen molar-refractivity contribution < 1.29 is 22.4 Å². The number of benzene rings is 2. The minimum Gasteiger partial charge on any atom is -0.307 e. The number of aliphatic imine (C=N–C) groups is 1. The number of anilines is 1. The zero-order valence-electron chi connectivity index (χ0n) is 17.8. The summed E-state index contributed by atoms with van der Waals surface area (Å²) in [6.07, 6.45) is -1.06. The van der Waals surface area contributed by atoms with E-state index in [4.69, 9.17) is 0 Å². The zero-order chi connectivity index (χ0) is 24.0. The number of rotatable bonds is 4. The van der Waals surface area contributed by atoms with Gasteiger partial charge in [-0.1, -0.05) is 24.8 Å². The number of nitrogens with zero attached hydrogens (tertiary/aromatic N) is 2. The maximum atomic E-state index is 14.3. The lowest BCUT2D eigenvalue weighted by Gasteiger charge is -2.09. The number of alkyl halides is 3. The fourth-order valence-electron chi connectivity index (χ4n) is 2.78. The molecule has 0 aliphatic rings. The minimum absolute atomic E-state index is 0.0250. The van der Waals surface area contributed by atoms with Crippen LogP contribution in [-0.2, 0) is 6.18 Å². The van der Waals surface area contributed by atoms with Crippen LogP contribution < -0.4 is 5.32 Å². The van der Waals surface area contributed by atoms with Gasteiger partial charge in [0, 0.05) is 23.5 Å². The van der Waals surface area contributed by atoms with Crippen molar-refractivity contribution in [2.24, 2.45) is 4.99 Å². The van der Waals surface area contributed by atoms with Crippen LogP contribution in [0.5, 0.6) is 0 Å². The molecule has 0 radical (unpaired) electrons. The Kier molecular flexibility index (Phi) is 7.23. The second-order valence-electron chi connectivity index (χ2n) is 7.05. The van der Waals surface area contributed by atoms with E-state index in [0.717, 1.165) is 42.1 Å². The summed E-state index contributed by atoms with van der Waals surface area (Å²) in [4.78, 5) is 20.6. The van der Waals surface area contributed by atoms with Crippen molar-refractivity contribution in [2.45, 2.75) is 26.4 Å². The number of hydrogen-bond donors (Lipinski definition) is 1. The molecule has 1 heterocycles. The number of halogens is 4. The molecule has 2 aromatic carbocycles. The van der Waals surface area contributed by atoms with E-state index in [1.807, 2.05) is 19.9 Å². The van der Waals surface area contributed by atoms with Crippen LogP contribution >= 0.6 is 0 Å². The lowest BCUT2D eigenvalue weighted by Crippen LogP contribution is -2.14. The molecular weight excluding hydrogens is 434 g/mol. The molecule has 3 rings (SSSR count). The predicted molar refractivity (Wildman–Crippen MR) is 119 cm³/mol. The highest BCUT2D eigenvalue weighted by molar-refractivity contribution is 6.04. The molecule has 33 heavy (non-hydrogen) atoms. The highest BCUT2D eigenvalue weighted by Crippen LogP contribution is 2.30. The normalized spacial score (nSPS) is 11.2. The number of carbonyl (C=O) groups excluding carboxylic acids is 1. The van der Waals surface area contributed by atoms with E-state index >= 15 is 0 Å². The summed E-state index contributed by atoms with van der Waals surface area (Å²) in [6.45, 7) is 3.89. The highest BCUT2D eigenvalue weighted by Gasteiger charge is 2.30. The number of nitrogens with one attached hydrogen (secondary N) is 1. The van der Waals surface area contributed by atoms with Gasteiger partial charge in [0.15, 0.2) is 0 Å². The molecule has 1 N–H and O–H groups in total. The molecule has 0 saturated heterocycles. The summed E-state index contributed by atoms with van der Waals surface area (Å²) in [5.74, 6) is 3.91. The van der Waals surface area contributed by atoms with Crippen molar-refractivity contribution in [3.63, 3.8) is 0 Å². The largest absolute Gasteiger partial charge is 0.416 e. The van der Waals surface area contributed by atoms with E-state index in [9.17, 15) is 22.4 Å². The average molecular weight is 453 g/mol. The molecule has 0 bridgehead atoms. The number of carbonyl (C=O) groups is 1. The Hall–Kier alpha value is -3.99. The number of pyridine rings is 1. The number of hydrogen-bond acceptors (Lipinski definition) is 3. The summed E-state index contributed by atoms with van der Waals surface area (Å²) in [5, 5.41) is 2.29. The van der Waals surface area contributed by atoms with Crippen molar-refractivity contribution in [3.8, 4) is 11.8 Å². The van der Waals surface area contributed by atoms with E-state index in [2.05, 4.69) is 27.1 Å². The Morgan fingerprint density at radius 3 is 2.64 bits per heavy atom.